The number of nitrogens with one attached hydrogen (secondary N) is 3. The van der Waals surface area contributed by atoms with E-state index >= 15 is 0 Å². The number of alkyl halides is 3. The van der Waals surface area contributed by atoms with Crippen molar-refractivity contribution >= 4 is 35.4 Å². The third-order valence-corrected chi connectivity index (χ3v) is 6.36. The maximum absolute atomic E-state index is 13.5. The number of halogens is 3. The highest BCUT2D eigenvalue weighted by molar-refractivity contribution is 6.07. The van der Waals surface area contributed by atoms with E-state index in [-0.39, 0.29) is 36.9 Å². The fourth-order valence-corrected chi connectivity index (χ4v) is 4.11. The van der Waals surface area contributed by atoms with E-state index in [0.29, 0.717) is 17.9 Å². The van der Waals surface area contributed by atoms with E-state index in [1.807, 2.05) is 0 Å². The van der Waals surface area contributed by atoms with Crippen LogP contribution in [0.15, 0.2) is 24.3 Å². The first-order valence-electron chi connectivity index (χ1n) is 12.8. The van der Waals surface area contributed by atoms with Crippen LogP contribution in [0.25, 0.3) is 0 Å². The molecule has 4 N–H and O–H groups in total. The van der Waals surface area contributed by atoms with Gasteiger partial charge in [-0.05, 0) is 62.9 Å². The third kappa shape index (κ3) is 8.60. The highest BCUT2D eigenvalue weighted by Crippen LogP contribution is 2.23. The monoisotopic (exact) mass is 570 g/mol. The lowest BCUT2D eigenvalue weighted by molar-refractivity contribution is -0.179. The molecule has 1 aromatic rings. The van der Waals surface area contributed by atoms with Crippen LogP contribution in [0.1, 0.15) is 67.2 Å². The molecule has 3 atom stereocenters. The topological polar surface area (TPSA) is 162 Å². The number of carboxylic acids is 1. The molecular weight excluding hydrogens is 537 g/mol. The van der Waals surface area contributed by atoms with Crippen molar-refractivity contribution in [2.24, 2.45) is 5.92 Å². The minimum atomic E-state index is -5.29. The molecule has 2 rings (SSSR count). The predicted octanol–water partition coefficient (Wildman–Crippen LogP) is 1.66. The first-order valence-corrected chi connectivity index (χ1v) is 12.8. The van der Waals surface area contributed by atoms with Crippen LogP contribution in [0, 0.1) is 5.92 Å². The number of carboxylic acid groups (broad SMARTS) is 1. The van der Waals surface area contributed by atoms with Gasteiger partial charge in [-0.3, -0.25) is 33.7 Å². The van der Waals surface area contributed by atoms with Gasteiger partial charge < -0.3 is 21.1 Å². The fraction of sp³-hybridized carbons (Fsp3) is 0.538. The Bertz CT molecular complexity index is 1120. The summed E-state index contributed by atoms with van der Waals surface area (Å²) in [7, 11) is 0. The van der Waals surface area contributed by atoms with Gasteiger partial charge in [0.05, 0.1) is 6.04 Å². The van der Waals surface area contributed by atoms with Crippen LogP contribution in [-0.2, 0) is 19.2 Å². The molecule has 0 aliphatic carbocycles. The molecule has 40 heavy (non-hydrogen) atoms. The summed E-state index contributed by atoms with van der Waals surface area (Å²) in [5.74, 6) is -7.35. The normalized spacial score (nSPS) is 16.6. The molecule has 1 saturated heterocycles. The van der Waals surface area contributed by atoms with Crippen LogP contribution in [0.3, 0.4) is 0 Å². The summed E-state index contributed by atoms with van der Waals surface area (Å²) in [6.07, 6.45) is -4.34. The quantitative estimate of drug-likeness (QED) is 0.276. The van der Waals surface area contributed by atoms with Gasteiger partial charge in [-0.1, -0.05) is 13.8 Å². The Morgan fingerprint density at radius 3 is 2.08 bits per heavy atom. The van der Waals surface area contributed by atoms with E-state index in [2.05, 4.69) is 16.0 Å². The molecule has 1 aromatic carbocycles. The summed E-state index contributed by atoms with van der Waals surface area (Å²) in [6.45, 7) is 4.42. The van der Waals surface area contributed by atoms with E-state index in [9.17, 15) is 41.9 Å². The van der Waals surface area contributed by atoms with Gasteiger partial charge in [0, 0.05) is 24.1 Å². The van der Waals surface area contributed by atoms with Crippen LogP contribution in [-0.4, -0.2) is 82.8 Å². The zero-order chi connectivity index (χ0) is 30.2. The molecule has 1 fully saturated rings. The average molecular weight is 571 g/mol. The first kappa shape index (κ1) is 32.4. The van der Waals surface area contributed by atoms with E-state index < -0.39 is 65.6 Å². The molecule has 1 aliphatic heterocycles. The van der Waals surface area contributed by atoms with Gasteiger partial charge in [0.1, 0.15) is 12.1 Å². The van der Waals surface area contributed by atoms with E-state index in [0.717, 1.165) is 6.92 Å². The number of aliphatic carboxylic acids is 1. The summed E-state index contributed by atoms with van der Waals surface area (Å²) in [4.78, 5) is 74.6. The maximum Gasteiger partial charge on any atom is 0.452 e. The number of nitrogens with zero attached hydrogens (tertiary/aromatic N) is 1. The molecule has 1 unspecified atom stereocenters. The van der Waals surface area contributed by atoms with Crippen LogP contribution in [0.5, 0.6) is 0 Å². The van der Waals surface area contributed by atoms with Crippen LogP contribution in [0.4, 0.5) is 13.2 Å². The SMILES string of the molecule is CC(C)[C@H](NC(=O)c1ccc(C(=O)NCCCC(=O)O)cc1)C(=O)N(C(=O)[C@@H]1CCCN1)C(C)C(=O)C(F)(F)F. The van der Waals surface area contributed by atoms with Gasteiger partial charge in [-0.15, -0.1) is 0 Å². The van der Waals surface area contributed by atoms with Gasteiger partial charge in [-0.2, -0.15) is 13.2 Å². The molecule has 0 spiro atoms. The Hall–Kier alpha value is -3.81. The summed E-state index contributed by atoms with van der Waals surface area (Å²) in [5.41, 5.74) is 0.208. The largest absolute Gasteiger partial charge is 0.481 e. The number of ketones is 1. The second-order valence-electron chi connectivity index (χ2n) is 9.76. The van der Waals surface area contributed by atoms with E-state index in [1.54, 1.807) is 0 Å². The van der Waals surface area contributed by atoms with Crippen molar-refractivity contribution in [3.05, 3.63) is 35.4 Å². The Kier molecular flexibility index (Phi) is 11.3. The minimum absolute atomic E-state index is 0.0237. The van der Waals surface area contributed by atoms with Crippen LogP contribution < -0.4 is 16.0 Å². The number of hydrogen-bond donors (Lipinski definition) is 4. The van der Waals surface area contributed by atoms with Crippen molar-refractivity contribution < 1.29 is 47.0 Å². The standard InChI is InChI=1S/C26H33F3N4O7/c1-14(2)20(25(40)33(15(3)21(36)26(27,28)29)24(39)18-6-4-12-30-18)32-23(38)17-10-8-16(9-11-17)22(37)31-13-5-7-19(34)35/h8-11,14-15,18,20,30H,4-7,12-13H2,1-3H3,(H,31,37)(H,32,38)(H,34,35)/t15?,18-,20-/m0/s1. The predicted molar refractivity (Wildman–Crippen MR) is 135 cm³/mol. The van der Waals surface area contributed by atoms with Gasteiger partial charge in [0.2, 0.25) is 5.91 Å². The van der Waals surface area contributed by atoms with Gasteiger partial charge in [0.15, 0.2) is 0 Å². The lowest BCUT2D eigenvalue weighted by atomic mass is 9.99. The Balaban J connectivity index is 2.21. The molecule has 14 heteroatoms. The zero-order valence-corrected chi connectivity index (χ0v) is 22.3. The number of benzene rings is 1. The lowest BCUT2D eigenvalue weighted by Gasteiger charge is -2.33. The number of carbonyl (C=O) groups is 6. The van der Waals surface area contributed by atoms with Crippen molar-refractivity contribution in [2.75, 3.05) is 13.1 Å². The summed E-state index contributed by atoms with van der Waals surface area (Å²) >= 11 is 0. The molecule has 1 heterocycles. The van der Waals surface area contributed by atoms with Crippen LogP contribution in [0.2, 0.25) is 0 Å². The Morgan fingerprint density at radius 1 is 1.02 bits per heavy atom. The number of amides is 4. The molecule has 1 aliphatic rings. The second-order valence-corrected chi connectivity index (χ2v) is 9.76. The third-order valence-electron chi connectivity index (χ3n) is 6.36. The molecule has 220 valence electrons. The molecule has 0 radical (unpaired) electrons. The summed E-state index contributed by atoms with van der Waals surface area (Å²) in [6, 6.07) is 0.722. The van der Waals surface area contributed by atoms with Crippen molar-refractivity contribution in [3.63, 3.8) is 0 Å². The van der Waals surface area contributed by atoms with E-state index in [1.165, 1.54) is 38.1 Å². The average Bonchev–Trinajstić information content (AvgIpc) is 3.43. The van der Waals surface area contributed by atoms with E-state index in [4.69, 9.17) is 5.11 Å². The van der Waals surface area contributed by atoms with Gasteiger partial charge >= 0.3 is 12.1 Å². The molecule has 0 saturated carbocycles. The summed E-state index contributed by atoms with van der Waals surface area (Å²) < 4.78 is 39.7. The Labute approximate surface area is 228 Å². The molecular formula is C26H33F3N4O7. The zero-order valence-electron chi connectivity index (χ0n) is 22.3. The fourth-order valence-electron chi connectivity index (χ4n) is 4.11. The number of imide groups is 1. The van der Waals surface area contributed by atoms with Crippen LogP contribution >= 0.6 is 0 Å². The highest BCUT2D eigenvalue weighted by atomic mass is 19.4. The number of carbonyl (C=O) groups excluding carboxylic acids is 5. The maximum atomic E-state index is 13.5. The number of hydrogen-bond acceptors (Lipinski definition) is 7. The highest BCUT2D eigenvalue weighted by Gasteiger charge is 2.48. The van der Waals surface area contributed by atoms with Crippen molar-refractivity contribution in [2.45, 2.75) is 70.8 Å². The smallest absolute Gasteiger partial charge is 0.452 e. The Morgan fingerprint density at radius 2 is 1.60 bits per heavy atom. The second kappa shape index (κ2) is 14.0. The number of rotatable bonds is 12. The summed E-state index contributed by atoms with van der Waals surface area (Å²) in [5, 5.41) is 16.4. The lowest BCUT2D eigenvalue weighted by Crippen LogP contribution is -2.61. The molecule has 0 aromatic heterocycles. The van der Waals surface area contributed by atoms with Crippen molar-refractivity contribution in [1.29, 1.82) is 0 Å². The van der Waals surface area contributed by atoms with Gasteiger partial charge in [0.25, 0.3) is 23.5 Å². The molecule has 0 bridgehead atoms. The molecule has 4 amide bonds. The van der Waals surface area contributed by atoms with Crippen molar-refractivity contribution in [3.8, 4) is 0 Å². The van der Waals surface area contributed by atoms with Crippen molar-refractivity contribution in [1.82, 2.24) is 20.9 Å². The molecule has 11 nitrogen and oxygen atoms in total. The first-order chi connectivity index (χ1) is 18.6. The number of Topliss-reactive ketones (excluding diaryl/α,β-unsaturated/α-hetero) is 1. The minimum Gasteiger partial charge on any atom is -0.481 e. The van der Waals surface area contributed by atoms with Gasteiger partial charge in [-0.25, -0.2) is 0 Å².